The van der Waals surface area contributed by atoms with E-state index in [1.54, 1.807) is 0 Å². The van der Waals surface area contributed by atoms with Gasteiger partial charge < -0.3 is 0 Å². The molecule has 0 N–H and O–H groups in total. The molecule has 0 saturated heterocycles. The quantitative estimate of drug-likeness (QED) is 0.666. The number of hydrogen-bond donors (Lipinski definition) is 0. The summed E-state index contributed by atoms with van der Waals surface area (Å²) in [4.78, 5) is 0. The van der Waals surface area contributed by atoms with Gasteiger partial charge in [-0.05, 0) is 49.6 Å². The minimum atomic E-state index is 1.12. The van der Waals surface area contributed by atoms with Crippen LogP contribution in [0.4, 0.5) is 0 Å². The van der Waals surface area contributed by atoms with Gasteiger partial charge >= 0.3 is 0 Å². The maximum absolute atomic E-state index is 4.37. The highest BCUT2D eigenvalue weighted by molar-refractivity contribution is 5.78. The number of benzene rings is 2. The molecule has 0 bridgehead atoms. The number of rotatable bonds is 2. The largest absolute Gasteiger partial charge is 0.240 e. The van der Waals surface area contributed by atoms with Gasteiger partial charge in [0.05, 0.1) is 5.69 Å². The molecule has 0 aliphatic rings. The predicted molar refractivity (Wildman–Crippen MR) is 83.2 cm³/mol. The van der Waals surface area contributed by atoms with Crippen molar-refractivity contribution in [2.45, 2.75) is 20.8 Å². The van der Waals surface area contributed by atoms with Crippen molar-refractivity contribution in [1.82, 2.24) is 9.78 Å². The van der Waals surface area contributed by atoms with Gasteiger partial charge in [0.25, 0.3) is 0 Å². The predicted octanol–water partition coefficient (Wildman–Crippen LogP) is 4.46. The third-order valence-corrected chi connectivity index (χ3v) is 3.60. The Bertz CT molecular complexity index is 717. The Morgan fingerprint density at radius 1 is 0.900 bits per heavy atom. The summed E-state index contributed by atoms with van der Waals surface area (Å²) in [6, 6.07) is 14.8. The van der Waals surface area contributed by atoms with Gasteiger partial charge in [-0.3, -0.25) is 0 Å². The summed E-state index contributed by atoms with van der Waals surface area (Å²) in [5.41, 5.74) is 7.57. The first-order valence-electron chi connectivity index (χ1n) is 6.84. The molecule has 0 amide bonds. The van der Waals surface area contributed by atoms with Crippen LogP contribution in [0.2, 0.25) is 0 Å². The smallest absolute Gasteiger partial charge is 0.0724 e. The first-order chi connectivity index (χ1) is 9.66. The van der Waals surface area contributed by atoms with Crippen molar-refractivity contribution in [2.24, 2.45) is 0 Å². The summed E-state index contributed by atoms with van der Waals surface area (Å²) in [6.45, 7) is 6.49. The van der Waals surface area contributed by atoms with Crippen molar-refractivity contribution in [3.8, 4) is 16.8 Å². The van der Waals surface area contributed by atoms with E-state index in [0.717, 1.165) is 5.69 Å². The lowest BCUT2D eigenvalue weighted by Gasteiger charge is -2.15. The first kappa shape index (κ1) is 12.7. The molecular formula is C18H18N2. The number of aromatic nitrogens is 2. The van der Waals surface area contributed by atoms with Crippen LogP contribution in [0, 0.1) is 20.8 Å². The van der Waals surface area contributed by atoms with Gasteiger partial charge in [0.1, 0.15) is 0 Å². The zero-order valence-electron chi connectivity index (χ0n) is 12.1. The molecule has 20 heavy (non-hydrogen) atoms. The first-order valence-corrected chi connectivity index (χ1v) is 6.84. The van der Waals surface area contributed by atoms with Crippen LogP contribution < -0.4 is 0 Å². The topological polar surface area (TPSA) is 17.8 Å². The molecule has 0 spiro atoms. The zero-order chi connectivity index (χ0) is 14.1. The summed E-state index contributed by atoms with van der Waals surface area (Å²) < 4.78 is 1.92. The lowest BCUT2D eigenvalue weighted by molar-refractivity contribution is 0.882. The molecule has 100 valence electrons. The molecule has 0 atom stereocenters. The number of para-hydroxylation sites is 1. The lowest BCUT2D eigenvalue weighted by Crippen LogP contribution is -1.99. The van der Waals surface area contributed by atoms with E-state index in [-0.39, 0.29) is 0 Å². The highest BCUT2D eigenvalue weighted by Gasteiger charge is 2.11. The minimum absolute atomic E-state index is 1.12. The molecule has 1 heterocycles. The van der Waals surface area contributed by atoms with Crippen LogP contribution in [0.3, 0.4) is 0 Å². The second-order valence-electron chi connectivity index (χ2n) is 5.24. The fourth-order valence-corrected chi connectivity index (χ4v) is 2.90. The van der Waals surface area contributed by atoms with Crippen LogP contribution in [0.25, 0.3) is 16.8 Å². The normalized spacial score (nSPS) is 10.8. The van der Waals surface area contributed by atoms with Crippen molar-refractivity contribution in [1.29, 1.82) is 0 Å². The van der Waals surface area contributed by atoms with Crippen LogP contribution in [0.1, 0.15) is 16.7 Å². The van der Waals surface area contributed by atoms with E-state index in [1.807, 2.05) is 23.1 Å². The van der Waals surface area contributed by atoms with E-state index in [0.29, 0.717) is 0 Å². The van der Waals surface area contributed by atoms with Gasteiger partial charge in [-0.25, -0.2) is 4.68 Å². The Morgan fingerprint density at radius 3 is 2.25 bits per heavy atom. The van der Waals surface area contributed by atoms with Gasteiger partial charge in [-0.15, -0.1) is 0 Å². The van der Waals surface area contributed by atoms with Crippen LogP contribution in [0.5, 0.6) is 0 Å². The lowest BCUT2D eigenvalue weighted by atomic mass is 9.93. The molecule has 0 aliphatic heterocycles. The summed E-state index contributed by atoms with van der Waals surface area (Å²) >= 11 is 0. The van der Waals surface area contributed by atoms with Gasteiger partial charge in [-0.2, -0.15) is 5.10 Å². The third-order valence-electron chi connectivity index (χ3n) is 3.60. The van der Waals surface area contributed by atoms with E-state index in [2.05, 4.69) is 62.3 Å². The van der Waals surface area contributed by atoms with E-state index in [1.165, 1.54) is 27.8 Å². The van der Waals surface area contributed by atoms with Gasteiger partial charge in [-0.1, -0.05) is 35.9 Å². The highest BCUT2D eigenvalue weighted by Crippen LogP contribution is 2.32. The third kappa shape index (κ3) is 2.14. The van der Waals surface area contributed by atoms with Gasteiger partial charge in [0.15, 0.2) is 0 Å². The Hall–Kier alpha value is -2.35. The second-order valence-corrected chi connectivity index (χ2v) is 5.24. The Morgan fingerprint density at radius 2 is 1.60 bits per heavy atom. The standard InChI is InChI=1S/C18H18N2/c1-13-11-14(2)18(15(3)12-13)16-7-4-5-8-17(16)20-10-6-9-19-20/h4-12H,1-3H3. The van der Waals surface area contributed by atoms with Crippen molar-refractivity contribution in [2.75, 3.05) is 0 Å². The Labute approximate surface area is 119 Å². The fourth-order valence-electron chi connectivity index (χ4n) is 2.90. The number of nitrogens with zero attached hydrogens (tertiary/aromatic N) is 2. The molecule has 3 aromatic rings. The molecule has 0 radical (unpaired) electrons. The monoisotopic (exact) mass is 262 g/mol. The van der Waals surface area contributed by atoms with E-state index in [9.17, 15) is 0 Å². The second kappa shape index (κ2) is 4.97. The van der Waals surface area contributed by atoms with Crippen LogP contribution in [-0.2, 0) is 0 Å². The Kier molecular flexibility index (Phi) is 3.15. The Balaban J connectivity index is 2.27. The van der Waals surface area contributed by atoms with Gasteiger partial charge in [0.2, 0.25) is 0 Å². The van der Waals surface area contributed by atoms with Crippen molar-refractivity contribution < 1.29 is 0 Å². The van der Waals surface area contributed by atoms with E-state index < -0.39 is 0 Å². The van der Waals surface area contributed by atoms with Crippen molar-refractivity contribution >= 4 is 0 Å². The molecule has 2 aromatic carbocycles. The molecule has 0 fully saturated rings. The zero-order valence-corrected chi connectivity index (χ0v) is 12.1. The highest BCUT2D eigenvalue weighted by atomic mass is 15.3. The van der Waals surface area contributed by atoms with Crippen LogP contribution in [0.15, 0.2) is 54.9 Å². The summed E-state index contributed by atoms with van der Waals surface area (Å²) in [6.07, 6.45) is 3.79. The molecular weight excluding hydrogens is 244 g/mol. The number of aryl methyl sites for hydroxylation is 3. The maximum Gasteiger partial charge on any atom is 0.0724 e. The molecule has 0 aliphatic carbocycles. The van der Waals surface area contributed by atoms with Gasteiger partial charge in [0, 0.05) is 18.0 Å². The fraction of sp³-hybridized carbons (Fsp3) is 0.167. The number of hydrogen-bond acceptors (Lipinski definition) is 1. The van der Waals surface area contributed by atoms with E-state index >= 15 is 0 Å². The summed E-state index contributed by atoms with van der Waals surface area (Å²) in [5.74, 6) is 0. The molecule has 0 saturated carbocycles. The summed E-state index contributed by atoms with van der Waals surface area (Å²) in [5, 5.41) is 4.37. The molecule has 2 nitrogen and oxygen atoms in total. The maximum atomic E-state index is 4.37. The molecule has 2 heteroatoms. The molecule has 1 aromatic heterocycles. The van der Waals surface area contributed by atoms with Crippen molar-refractivity contribution in [3.05, 3.63) is 71.5 Å². The SMILES string of the molecule is Cc1cc(C)c(-c2ccccc2-n2cccn2)c(C)c1. The summed E-state index contributed by atoms with van der Waals surface area (Å²) in [7, 11) is 0. The van der Waals surface area contributed by atoms with E-state index in [4.69, 9.17) is 0 Å². The minimum Gasteiger partial charge on any atom is -0.240 e. The van der Waals surface area contributed by atoms with Crippen LogP contribution in [-0.4, -0.2) is 9.78 Å². The average Bonchev–Trinajstić information content (AvgIpc) is 2.92. The van der Waals surface area contributed by atoms with Crippen LogP contribution >= 0.6 is 0 Å². The molecule has 0 unspecified atom stereocenters. The average molecular weight is 262 g/mol. The van der Waals surface area contributed by atoms with Crippen molar-refractivity contribution in [3.63, 3.8) is 0 Å². The molecule has 3 rings (SSSR count).